The lowest BCUT2D eigenvalue weighted by Crippen LogP contribution is -2.26. The molecule has 0 unspecified atom stereocenters. The van der Waals surface area contributed by atoms with Gasteiger partial charge in [0.2, 0.25) is 5.91 Å². The van der Waals surface area contributed by atoms with E-state index in [4.69, 9.17) is 4.74 Å². The lowest BCUT2D eigenvalue weighted by Gasteiger charge is -2.08. The van der Waals surface area contributed by atoms with E-state index in [1.807, 2.05) is 48.5 Å². The van der Waals surface area contributed by atoms with Gasteiger partial charge in [-0.3, -0.25) is 4.79 Å². The Morgan fingerprint density at radius 1 is 1.00 bits per heavy atom. The number of carbonyl (C=O) groups is 1. The van der Waals surface area contributed by atoms with Crippen molar-refractivity contribution in [3.05, 3.63) is 65.7 Å². The zero-order chi connectivity index (χ0) is 15.6. The molecule has 116 valence electrons. The molecule has 0 aliphatic carbocycles. The van der Waals surface area contributed by atoms with Gasteiger partial charge in [-0.2, -0.15) is 0 Å². The number of ether oxygens (including phenoxy) is 1. The number of rotatable bonds is 8. The number of para-hydroxylation sites is 1. The van der Waals surface area contributed by atoms with Gasteiger partial charge >= 0.3 is 0 Å². The van der Waals surface area contributed by atoms with Gasteiger partial charge in [0.05, 0.1) is 13.5 Å². The van der Waals surface area contributed by atoms with Crippen molar-refractivity contribution in [3.63, 3.8) is 0 Å². The van der Waals surface area contributed by atoms with Crippen molar-refractivity contribution >= 4 is 5.91 Å². The maximum absolute atomic E-state index is 11.8. The number of nitrogens with one attached hydrogen (secondary N) is 1. The van der Waals surface area contributed by atoms with Gasteiger partial charge in [0, 0.05) is 6.54 Å². The molecule has 0 heterocycles. The third kappa shape index (κ3) is 5.24. The van der Waals surface area contributed by atoms with Crippen LogP contribution in [-0.4, -0.2) is 19.6 Å². The first-order valence-electron chi connectivity index (χ1n) is 7.72. The summed E-state index contributed by atoms with van der Waals surface area (Å²) in [7, 11) is 1.70. The van der Waals surface area contributed by atoms with Crippen LogP contribution in [0, 0.1) is 0 Å². The molecule has 0 atom stereocenters. The Bertz CT molecular complexity index is 581. The Morgan fingerprint density at radius 3 is 2.50 bits per heavy atom. The fourth-order valence-corrected chi connectivity index (χ4v) is 2.42. The molecule has 0 aliphatic heterocycles. The third-order valence-electron chi connectivity index (χ3n) is 3.60. The number of hydrogen-bond acceptors (Lipinski definition) is 2. The van der Waals surface area contributed by atoms with Gasteiger partial charge in [0.15, 0.2) is 0 Å². The highest BCUT2D eigenvalue weighted by molar-refractivity contribution is 5.78. The van der Waals surface area contributed by atoms with Crippen molar-refractivity contribution in [2.24, 2.45) is 0 Å². The maximum atomic E-state index is 11.8. The lowest BCUT2D eigenvalue weighted by atomic mass is 10.1. The number of aryl methyl sites for hydroxylation is 1. The quantitative estimate of drug-likeness (QED) is 0.759. The van der Waals surface area contributed by atoms with Crippen LogP contribution in [0.15, 0.2) is 54.6 Å². The summed E-state index contributed by atoms with van der Waals surface area (Å²) in [5, 5.41) is 2.98. The van der Waals surface area contributed by atoms with Gasteiger partial charge in [-0.25, -0.2) is 0 Å². The van der Waals surface area contributed by atoms with Crippen LogP contribution in [0.4, 0.5) is 0 Å². The van der Waals surface area contributed by atoms with E-state index in [1.54, 1.807) is 7.11 Å². The largest absolute Gasteiger partial charge is 0.496 e. The fraction of sp³-hybridized carbons (Fsp3) is 0.316. The average Bonchev–Trinajstić information content (AvgIpc) is 2.56. The molecule has 3 heteroatoms. The summed E-state index contributed by atoms with van der Waals surface area (Å²) in [6.45, 7) is 0.723. The van der Waals surface area contributed by atoms with Crippen molar-refractivity contribution < 1.29 is 9.53 Å². The second-order valence-corrected chi connectivity index (χ2v) is 5.28. The average molecular weight is 297 g/mol. The molecule has 0 aromatic heterocycles. The molecular formula is C19H23NO2. The first kappa shape index (κ1) is 16.1. The molecule has 0 spiro atoms. The summed E-state index contributed by atoms with van der Waals surface area (Å²) in [5.74, 6) is 1.03. The first-order valence-corrected chi connectivity index (χ1v) is 7.72. The van der Waals surface area contributed by atoms with Crippen LogP contribution < -0.4 is 10.1 Å². The minimum absolute atomic E-state index is 0.0866. The molecule has 0 aliphatic rings. The molecular weight excluding hydrogens is 274 g/mol. The zero-order valence-electron chi connectivity index (χ0n) is 13.0. The molecule has 2 rings (SSSR count). The maximum Gasteiger partial charge on any atom is 0.224 e. The number of carbonyl (C=O) groups excluding carboxylic acids is 1. The van der Waals surface area contributed by atoms with Gasteiger partial charge in [0.25, 0.3) is 0 Å². The van der Waals surface area contributed by atoms with E-state index < -0.39 is 0 Å². The Labute approximate surface area is 132 Å². The van der Waals surface area contributed by atoms with Gasteiger partial charge in [-0.1, -0.05) is 48.5 Å². The molecule has 2 aromatic carbocycles. The molecule has 1 amide bonds. The van der Waals surface area contributed by atoms with Crippen molar-refractivity contribution in [1.29, 1.82) is 0 Å². The number of methoxy groups -OCH3 is 1. The second kappa shape index (κ2) is 8.88. The molecule has 1 N–H and O–H groups in total. The Kier molecular flexibility index (Phi) is 6.49. The van der Waals surface area contributed by atoms with Crippen LogP contribution >= 0.6 is 0 Å². The van der Waals surface area contributed by atoms with E-state index in [9.17, 15) is 4.79 Å². The van der Waals surface area contributed by atoms with Gasteiger partial charge < -0.3 is 10.1 Å². The summed E-state index contributed by atoms with van der Waals surface area (Å²) in [6, 6.07) is 17.9. The van der Waals surface area contributed by atoms with E-state index in [0.29, 0.717) is 6.42 Å². The number of unbranched alkanes of at least 4 members (excludes halogenated alkanes) is 1. The summed E-state index contributed by atoms with van der Waals surface area (Å²) in [5.41, 5.74) is 2.27. The van der Waals surface area contributed by atoms with E-state index in [2.05, 4.69) is 11.4 Å². The van der Waals surface area contributed by atoms with Gasteiger partial charge in [0.1, 0.15) is 5.75 Å². The van der Waals surface area contributed by atoms with E-state index in [0.717, 1.165) is 37.1 Å². The standard InChI is InChI=1S/C19H23NO2/c1-22-18-13-6-5-11-17(18)12-7-8-14-20-19(21)15-16-9-3-2-4-10-16/h2-6,9-11,13H,7-8,12,14-15H2,1H3,(H,20,21). The van der Waals surface area contributed by atoms with Crippen LogP contribution in [0.2, 0.25) is 0 Å². The van der Waals surface area contributed by atoms with E-state index in [-0.39, 0.29) is 5.91 Å². The minimum atomic E-state index is 0.0866. The molecule has 3 nitrogen and oxygen atoms in total. The van der Waals surface area contributed by atoms with Crippen molar-refractivity contribution in [3.8, 4) is 5.75 Å². The first-order chi connectivity index (χ1) is 10.8. The Morgan fingerprint density at radius 2 is 1.73 bits per heavy atom. The lowest BCUT2D eigenvalue weighted by molar-refractivity contribution is -0.120. The topological polar surface area (TPSA) is 38.3 Å². The molecule has 0 saturated carbocycles. The summed E-state index contributed by atoms with van der Waals surface area (Å²) >= 11 is 0. The molecule has 0 radical (unpaired) electrons. The van der Waals surface area contributed by atoms with Crippen LogP contribution in [-0.2, 0) is 17.6 Å². The molecule has 2 aromatic rings. The van der Waals surface area contributed by atoms with Crippen molar-refractivity contribution in [2.75, 3.05) is 13.7 Å². The van der Waals surface area contributed by atoms with E-state index >= 15 is 0 Å². The smallest absolute Gasteiger partial charge is 0.224 e. The normalized spacial score (nSPS) is 10.2. The molecule has 0 fully saturated rings. The highest BCUT2D eigenvalue weighted by Gasteiger charge is 2.03. The SMILES string of the molecule is COc1ccccc1CCCCNC(=O)Cc1ccccc1. The molecule has 0 bridgehead atoms. The van der Waals surface area contributed by atoms with Crippen LogP contribution in [0.5, 0.6) is 5.75 Å². The summed E-state index contributed by atoms with van der Waals surface area (Å²) < 4.78 is 5.34. The third-order valence-corrected chi connectivity index (χ3v) is 3.60. The van der Waals surface area contributed by atoms with Gasteiger partial charge in [-0.05, 0) is 36.5 Å². The number of benzene rings is 2. The van der Waals surface area contributed by atoms with Gasteiger partial charge in [-0.15, -0.1) is 0 Å². The Balaban J connectivity index is 1.64. The van der Waals surface area contributed by atoms with Crippen LogP contribution in [0.25, 0.3) is 0 Å². The fourth-order valence-electron chi connectivity index (χ4n) is 2.42. The monoisotopic (exact) mass is 297 g/mol. The van der Waals surface area contributed by atoms with Crippen molar-refractivity contribution in [1.82, 2.24) is 5.32 Å². The molecule has 22 heavy (non-hydrogen) atoms. The highest BCUT2D eigenvalue weighted by Crippen LogP contribution is 2.19. The summed E-state index contributed by atoms with van der Waals surface area (Å²) in [6.07, 6.45) is 3.43. The van der Waals surface area contributed by atoms with E-state index in [1.165, 1.54) is 5.56 Å². The zero-order valence-corrected chi connectivity index (χ0v) is 13.0. The number of amides is 1. The summed E-state index contributed by atoms with van der Waals surface area (Å²) in [4.78, 5) is 11.8. The van der Waals surface area contributed by atoms with Crippen LogP contribution in [0.1, 0.15) is 24.0 Å². The highest BCUT2D eigenvalue weighted by atomic mass is 16.5. The predicted molar refractivity (Wildman–Crippen MR) is 89.1 cm³/mol. The number of hydrogen-bond donors (Lipinski definition) is 1. The minimum Gasteiger partial charge on any atom is -0.496 e. The van der Waals surface area contributed by atoms with Crippen molar-refractivity contribution in [2.45, 2.75) is 25.7 Å². The Hall–Kier alpha value is -2.29. The predicted octanol–water partition coefficient (Wildman–Crippen LogP) is 3.38. The molecule has 0 saturated heterocycles. The van der Waals surface area contributed by atoms with Crippen LogP contribution in [0.3, 0.4) is 0 Å². The second-order valence-electron chi connectivity index (χ2n) is 5.28.